The lowest BCUT2D eigenvalue weighted by Crippen LogP contribution is -2.30. The van der Waals surface area contributed by atoms with Gasteiger partial charge < -0.3 is 5.73 Å². The molecule has 96 valence electrons. The molecule has 0 rings (SSSR count). The van der Waals surface area contributed by atoms with Crippen LogP contribution in [0.5, 0.6) is 0 Å². The number of likely N-dealkylation sites (N-methyl/N-ethyl adjacent to an activating group) is 1. The van der Waals surface area contributed by atoms with E-state index in [1.165, 1.54) is 51.4 Å². The van der Waals surface area contributed by atoms with Crippen LogP contribution in [0.2, 0.25) is 0 Å². The number of hydrogen-bond acceptors (Lipinski definition) is 2. The Balaban J connectivity index is 3.11. The maximum atomic E-state index is 5.48. The summed E-state index contributed by atoms with van der Waals surface area (Å²) in [4.78, 5) is 2.81. The Kier molecular flexibility index (Phi) is 11.2. The van der Waals surface area contributed by atoms with Crippen molar-refractivity contribution in [3.8, 4) is 0 Å². The molecule has 2 nitrogen and oxygen atoms in total. The zero-order valence-electron chi connectivity index (χ0n) is 11.0. The zero-order chi connectivity index (χ0) is 12.2. The summed E-state index contributed by atoms with van der Waals surface area (Å²) < 4.78 is 0. The Morgan fingerprint density at radius 2 is 1.50 bits per heavy atom. The van der Waals surface area contributed by atoms with Crippen LogP contribution < -0.4 is 5.73 Å². The van der Waals surface area contributed by atoms with Gasteiger partial charge in [0.25, 0.3) is 0 Å². The molecule has 0 aromatic carbocycles. The lowest BCUT2D eigenvalue weighted by Gasteiger charge is -2.14. The Labute approximate surface area is 107 Å². The zero-order valence-corrected chi connectivity index (χ0v) is 11.8. The van der Waals surface area contributed by atoms with E-state index >= 15 is 0 Å². The largest absolute Gasteiger partial charge is 0.392 e. The van der Waals surface area contributed by atoms with E-state index in [1.807, 2.05) is 0 Å². The van der Waals surface area contributed by atoms with Crippen molar-refractivity contribution in [2.45, 2.75) is 58.3 Å². The van der Waals surface area contributed by atoms with Crippen LogP contribution in [0.15, 0.2) is 0 Å². The molecule has 0 unspecified atom stereocenters. The minimum Gasteiger partial charge on any atom is -0.392 e. The highest BCUT2D eigenvalue weighted by Gasteiger charge is 1.99. The van der Waals surface area contributed by atoms with Gasteiger partial charge in [0.05, 0.1) is 4.99 Å². The number of nitrogens with zero attached hydrogens (tertiary/aromatic N) is 1. The summed E-state index contributed by atoms with van der Waals surface area (Å²) in [5, 5.41) is 0. The minimum atomic E-state index is 0.599. The molecule has 0 fully saturated rings. The monoisotopic (exact) mass is 244 g/mol. The Morgan fingerprint density at radius 1 is 1.00 bits per heavy atom. The first-order valence-corrected chi connectivity index (χ1v) is 7.04. The number of hydrogen-bond donors (Lipinski definition) is 1. The van der Waals surface area contributed by atoms with Crippen LogP contribution in [-0.4, -0.2) is 30.0 Å². The lowest BCUT2D eigenvalue weighted by molar-refractivity contribution is 0.365. The van der Waals surface area contributed by atoms with Gasteiger partial charge in [0, 0.05) is 6.54 Å². The molecule has 0 amide bonds. The molecule has 0 saturated heterocycles. The van der Waals surface area contributed by atoms with Crippen molar-refractivity contribution in [1.29, 1.82) is 0 Å². The van der Waals surface area contributed by atoms with Crippen LogP contribution in [0.25, 0.3) is 0 Å². The molecule has 0 aromatic heterocycles. The molecule has 0 spiro atoms. The second kappa shape index (κ2) is 11.3. The number of unbranched alkanes of at least 4 members (excludes halogenated alkanes) is 7. The SMILES string of the molecule is CCCCCCCCCCN(C)CC(N)=S. The average molecular weight is 244 g/mol. The summed E-state index contributed by atoms with van der Waals surface area (Å²) in [6, 6.07) is 0. The molecule has 0 aromatic rings. The summed E-state index contributed by atoms with van der Waals surface area (Å²) >= 11 is 4.87. The Hall–Kier alpha value is -0.150. The summed E-state index contributed by atoms with van der Waals surface area (Å²) in [6.07, 6.45) is 11.0. The van der Waals surface area contributed by atoms with Crippen molar-refractivity contribution in [2.75, 3.05) is 20.1 Å². The third-order valence-electron chi connectivity index (χ3n) is 2.82. The maximum Gasteiger partial charge on any atom is 0.0869 e. The van der Waals surface area contributed by atoms with Gasteiger partial charge in [-0.1, -0.05) is 64.1 Å². The second-order valence-corrected chi connectivity index (χ2v) is 5.20. The van der Waals surface area contributed by atoms with E-state index in [2.05, 4.69) is 18.9 Å². The highest BCUT2D eigenvalue weighted by molar-refractivity contribution is 7.80. The highest BCUT2D eigenvalue weighted by atomic mass is 32.1. The number of nitrogens with two attached hydrogens (primary N) is 1. The van der Waals surface area contributed by atoms with Gasteiger partial charge in [-0.2, -0.15) is 0 Å². The molecule has 0 atom stereocenters. The van der Waals surface area contributed by atoms with Crippen LogP contribution in [0.4, 0.5) is 0 Å². The minimum absolute atomic E-state index is 0.599. The van der Waals surface area contributed by atoms with Gasteiger partial charge in [0.2, 0.25) is 0 Å². The fourth-order valence-corrected chi connectivity index (χ4v) is 2.08. The predicted octanol–water partition coefficient (Wildman–Crippen LogP) is 3.35. The fourth-order valence-electron chi connectivity index (χ4n) is 1.86. The van der Waals surface area contributed by atoms with E-state index < -0.39 is 0 Å². The highest BCUT2D eigenvalue weighted by Crippen LogP contribution is 2.08. The van der Waals surface area contributed by atoms with E-state index in [0.29, 0.717) is 4.99 Å². The molecule has 2 N–H and O–H groups in total. The van der Waals surface area contributed by atoms with Crippen molar-refractivity contribution >= 4 is 17.2 Å². The molecule has 0 aliphatic rings. The first-order valence-electron chi connectivity index (χ1n) is 6.63. The van der Waals surface area contributed by atoms with Crippen LogP contribution >= 0.6 is 12.2 Å². The fraction of sp³-hybridized carbons (Fsp3) is 0.923. The number of rotatable bonds is 11. The first-order chi connectivity index (χ1) is 7.66. The van der Waals surface area contributed by atoms with E-state index in [1.54, 1.807) is 0 Å². The van der Waals surface area contributed by atoms with E-state index in [9.17, 15) is 0 Å². The molecule has 0 aliphatic heterocycles. The summed E-state index contributed by atoms with van der Waals surface area (Å²) in [7, 11) is 2.08. The van der Waals surface area contributed by atoms with E-state index in [0.717, 1.165) is 13.1 Å². The van der Waals surface area contributed by atoms with Crippen LogP contribution in [0.1, 0.15) is 58.3 Å². The third kappa shape index (κ3) is 11.9. The molecule has 0 saturated carbocycles. The van der Waals surface area contributed by atoms with Crippen molar-refractivity contribution in [2.24, 2.45) is 5.73 Å². The quantitative estimate of drug-likeness (QED) is 0.446. The molecular formula is C13H28N2S. The summed E-state index contributed by atoms with van der Waals surface area (Å²) in [6.45, 7) is 4.13. The molecule has 0 bridgehead atoms. The van der Waals surface area contributed by atoms with E-state index in [-0.39, 0.29) is 0 Å². The summed E-state index contributed by atoms with van der Waals surface area (Å²) in [5.41, 5.74) is 5.48. The van der Waals surface area contributed by atoms with Gasteiger partial charge in [-0.15, -0.1) is 0 Å². The van der Waals surface area contributed by atoms with Gasteiger partial charge in [-0.3, -0.25) is 4.90 Å². The first kappa shape index (κ1) is 15.9. The van der Waals surface area contributed by atoms with Gasteiger partial charge in [-0.05, 0) is 20.0 Å². The second-order valence-electron chi connectivity index (χ2n) is 4.68. The molecule has 0 heterocycles. The number of thiocarbonyl (C=S) groups is 1. The van der Waals surface area contributed by atoms with Crippen molar-refractivity contribution in [3.63, 3.8) is 0 Å². The Morgan fingerprint density at radius 3 is 2.00 bits per heavy atom. The Bertz CT molecular complexity index is 171. The topological polar surface area (TPSA) is 29.3 Å². The van der Waals surface area contributed by atoms with Gasteiger partial charge in [0.1, 0.15) is 0 Å². The average Bonchev–Trinajstić information content (AvgIpc) is 2.21. The van der Waals surface area contributed by atoms with Crippen LogP contribution in [0, 0.1) is 0 Å². The summed E-state index contributed by atoms with van der Waals surface area (Å²) in [5.74, 6) is 0. The van der Waals surface area contributed by atoms with Gasteiger partial charge >= 0.3 is 0 Å². The molecule has 3 heteroatoms. The van der Waals surface area contributed by atoms with Crippen molar-refractivity contribution in [1.82, 2.24) is 4.90 Å². The van der Waals surface area contributed by atoms with Crippen molar-refractivity contribution < 1.29 is 0 Å². The van der Waals surface area contributed by atoms with Crippen LogP contribution in [-0.2, 0) is 0 Å². The third-order valence-corrected chi connectivity index (χ3v) is 2.95. The van der Waals surface area contributed by atoms with Crippen LogP contribution in [0.3, 0.4) is 0 Å². The lowest BCUT2D eigenvalue weighted by atomic mass is 10.1. The molecule has 16 heavy (non-hydrogen) atoms. The molecule has 0 aliphatic carbocycles. The van der Waals surface area contributed by atoms with Crippen molar-refractivity contribution in [3.05, 3.63) is 0 Å². The molecule has 0 radical (unpaired) electrons. The maximum absolute atomic E-state index is 5.48. The van der Waals surface area contributed by atoms with Gasteiger partial charge in [-0.25, -0.2) is 0 Å². The smallest absolute Gasteiger partial charge is 0.0869 e. The predicted molar refractivity (Wildman–Crippen MR) is 76.9 cm³/mol. The van der Waals surface area contributed by atoms with E-state index in [4.69, 9.17) is 18.0 Å². The van der Waals surface area contributed by atoms with Gasteiger partial charge in [0.15, 0.2) is 0 Å². The standard InChI is InChI=1S/C13H28N2S/c1-3-4-5-6-7-8-9-10-11-15(2)12-13(14)16/h3-12H2,1-2H3,(H2,14,16). The normalized spacial score (nSPS) is 10.9. The molecular weight excluding hydrogens is 216 g/mol.